The van der Waals surface area contributed by atoms with E-state index in [0.717, 1.165) is 13.0 Å². The Morgan fingerprint density at radius 2 is 1.17 bits per heavy atom. The van der Waals surface area contributed by atoms with Crippen LogP contribution in [0.5, 0.6) is 0 Å². The molecular formula is C18H38O5. The van der Waals surface area contributed by atoms with Gasteiger partial charge in [-0.15, -0.1) is 0 Å². The Morgan fingerprint density at radius 3 is 1.78 bits per heavy atom. The third-order valence-electron chi connectivity index (χ3n) is 3.54. The van der Waals surface area contributed by atoms with Crippen molar-refractivity contribution in [2.24, 2.45) is 0 Å². The fourth-order valence-electron chi connectivity index (χ4n) is 2.19. The lowest BCUT2D eigenvalue weighted by molar-refractivity contribution is -0.118. The van der Waals surface area contributed by atoms with Gasteiger partial charge in [-0.2, -0.15) is 0 Å². The first kappa shape index (κ1) is 22.8. The maximum absolute atomic E-state index is 9.70. The minimum atomic E-state index is -0.656. The van der Waals surface area contributed by atoms with Crippen molar-refractivity contribution in [3.05, 3.63) is 0 Å². The lowest BCUT2D eigenvalue weighted by Gasteiger charge is -2.12. The highest BCUT2D eigenvalue weighted by molar-refractivity contribution is 4.48. The van der Waals surface area contributed by atoms with Crippen molar-refractivity contribution in [2.45, 2.75) is 71.5 Å². The highest BCUT2D eigenvalue weighted by Gasteiger charge is 2.03. The van der Waals surface area contributed by atoms with Crippen LogP contribution in [-0.4, -0.2) is 57.6 Å². The van der Waals surface area contributed by atoms with Gasteiger partial charge in [-0.3, -0.25) is 0 Å². The van der Waals surface area contributed by atoms with E-state index >= 15 is 0 Å². The molecule has 0 aliphatic rings. The van der Waals surface area contributed by atoms with E-state index in [1.165, 1.54) is 38.5 Å². The molecule has 0 radical (unpaired) electrons. The average Bonchev–Trinajstić information content (AvgIpc) is 2.55. The zero-order valence-corrected chi connectivity index (χ0v) is 15.3. The molecule has 5 heteroatoms. The maximum atomic E-state index is 9.70. The zero-order chi connectivity index (χ0) is 17.0. The molecule has 0 saturated carbocycles. The van der Waals surface area contributed by atoms with Crippen molar-refractivity contribution in [1.29, 1.82) is 0 Å². The molecule has 1 atom stereocenters. The predicted molar refractivity (Wildman–Crippen MR) is 92.7 cm³/mol. The van der Waals surface area contributed by atoms with Crippen LogP contribution < -0.4 is 0 Å². The molecule has 0 aliphatic heterocycles. The fraction of sp³-hybridized carbons (Fsp3) is 1.00. The van der Waals surface area contributed by atoms with E-state index in [0.29, 0.717) is 46.1 Å². The highest BCUT2D eigenvalue weighted by Crippen LogP contribution is 2.10. The second-order valence-corrected chi connectivity index (χ2v) is 5.66. The summed E-state index contributed by atoms with van der Waals surface area (Å²) >= 11 is 0. The van der Waals surface area contributed by atoms with Crippen LogP contribution in [0.1, 0.15) is 65.2 Å². The number of rotatable bonds is 19. The quantitative estimate of drug-likeness (QED) is 0.289. The molecule has 0 aromatic heterocycles. The standard InChI is InChI=1S/C18H38O5/c1-3-5-6-7-8-9-10-11-18(19)23-17-16-22-15-14-21-13-12-20-4-2/h18-19H,3-17H2,1-2H3. The monoisotopic (exact) mass is 334 g/mol. The summed E-state index contributed by atoms with van der Waals surface area (Å²) in [4.78, 5) is 0. The van der Waals surface area contributed by atoms with Crippen molar-refractivity contribution in [2.75, 3.05) is 46.2 Å². The molecule has 1 N–H and O–H groups in total. The van der Waals surface area contributed by atoms with E-state index in [2.05, 4.69) is 6.92 Å². The summed E-state index contributed by atoms with van der Waals surface area (Å²) in [6, 6.07) is 0. The molecule has 140 valence electrons. The molecule has 1 unspecified atom stereocenters. The number of hydrogen-bond acceptors (Lipinski definition) is 5. The molecule has 0 rings (SSSR count). The van der Waals surface area contributed by atoms with Gasteiger partial charge < -0.3 is 24.1 Å². The molecule has 0 heterocycles. The first-order valence-electron chi connectivity index (χ1n) is 9.34. The second kappa shape index (κ2) is 19.8. The zero-order valence-electron chi connectivity index (χ0n) is 15.3. The first-order valence-corrected chi connectivity index (χ1v) is 9.34. The van der Waals surface area contributed by atoms with Gasteiger partial charge in [-0.05, 0) is 19.8 Å². The van der Waals surface area contributed by atoms with Crippen molar-refractivity contribution in [3.63, 3.8) is 0 Å². The second-order valence-electron chi connectivity index (χ2n) is 5.66. The molecule has 0 saturated heterocycles. The lowest BCUT2D eigenvalue weighted by atomic mass is 10.1. The van der Waals surface area contributed by atoms with Crippen LogP contribution in [0.25, 0.3) is 0 Å². The minimum Gasteiger partial charge on any atom is -0.379 e. The van der Waals surface area contributed by atoms with Gasteiger partial charge in [0.05, 0.1) is 39.6 Å². The number of aliphatic hydroxyl groups excluding tert-OH is 1. The summed E-state index contributed by atoms with van der Waals surface area (Å²) in [6.45, 7) is 8.17. The maximum Gasteiger partial charge on any atom is 0.154 e. The largest absolute Gasteiger partial charge is 0.379 e. The van der Waals surface area contributed by atoms with E-state index in [-0.39, 0.29) is 0 Å². The van der Waals surface area contributed by atoms with E-state index in [1.807, 2.05) is 6.92 Å². The smallest absolute Gasteiger partial charge is 0.154 e. The van der Waals surface area contributed by atoms with E-state index in [4.69, 9.17) is 18.9 Å². The molecule has 0 aliphatic carbocycles. The Balaban J connectivity index is 3.11. The van der Waals surface area contributed by atoms with Gasteiger partial charge >= 0.3 is 0 Å². The summed E-state index contributed by atoms with van der Waals surface area (Å²) in [6.07, 6.45) is 8.80. The normalized spacial score (nSPS) is 12.7. The van der Waals surface area contributed by atoms with Gasteiger partial charge in [-0.1, -0.05) is 45.4 Å². The molecule has 0 bridgehead atoms. The van der Waals surface area contributed by atoms with Crippen LogP contribution in [0, 0.1) is 0 Å². The Bertz CT molecular complexity index is 214. The Morgan fingerprint density at radius 1 is 0.652 bits per heavy atom. The Labute approximate surface area is 142 Å². The van der Waals surface area contributed by atoms with E-state index < -0.39 is 6.29 Å². The molecule has 0 spiro atoms. The third-order valence-corrected chi connectivity index (χ3v) is 3.54. The van der Waals surface area contributed by atoms with Crippen LogP contribution in [0.4, 0.5) is 0 Å². The Hall–Kier alpha value is -0.200. The predicted octanol–water partition coefficient (Wildman–Crippen LogP) is 3.53. The first-order chi connectivity index (χ1) is 11.3. The van der Waals surface area contributed by atoms with Gasteiger partial charge in [0.25, 0.3) is 0 Å². The molecule has 5 nitrogen and oxygen atoms in total. The van der Waals surface area contributed by atoms with Gasteiger partial charge in [0.1, 0.15) is 0 Å². The van der Waals surface area contributed by atoms with E-state index in [9.17, 15) is 5.11 Å². The SMILES string of the molecule is CCCCCCCCCC(O)OCCOCCOCCOCC. The van der Waals surface area contributed by atoms with Crippen LogP contribution in [-0.2, 0) is 18.9 Å². The number of ether oxygens (including phenoxy) is 4. The van der Waals surface area contributed by atoms with Crippen molar-refractivity contribution in [3.8, 4) is 0 Å². The van der Waals surface area contributed by atoms with Crippen molar-refractivity contribution >= 4 is 0 Å². The van der Waals surface area contributed by atoms with Crippen LogP contribution in [0.3, 0.4) is 0 Å². The molecule has 0 amide bonds. The summed E-state index contributed by atoms with van der Waals surface area (Å²) in [5.74, 6) is 0. The minimum absolute atomic E-state index is 0.427. The number of unbranched alkanes of at least 4 members (excludes halogenated alkanes) is 6. The Kier molecular flexibility index (Phi) is 19.7. The van der Waals surface area contributed by atoms with Crippen molar-refractivity contribution in [1.82, 2.24) is 0 Å². The van der Waals surface area contributed by atoms with Crippen LogP contribution in [0.15, 0.2) is 0 Å². The summed E-state index contributed by atoms with van der Waals surface area (Å²) < 4.78 is 21.2. The summed E-state index contributed by atoms with van der Waals surface area (Å²) in [5.41, 5.74) is 0. The topological polar surface area (TPSA) is 57.2 Å². The number of hydrogen-bond donors (Lipinski definition) is 1. The molecular weight excluding hydrogens is 296 g/mol. The van der Waals surface area contributed by atoms with Gasteiger partial charge in [0, 0.05) is 6.61 Å². The lowest BCUT2D eigenvalue weighted by Crippen LogP contribution is -2.17. The average molecular weight is 334 g/mol. The van der Waals surface area contributed by atoms with Gasteiger partial charge in [-0.25, -0.2) is 0 Å². The third kappa shape index (κ3) is 19.8. The highest BCUT2D eigenvalue weighted by atomic mass is 16.6. The van der Waals surface area contributed by atoms with Crippen molar-refractivity contribution < 1.29 is 24.1 Å². The number of aliphatic hydroxyl groups is 1. The molecule has 0 aromatic carbocycles. The molecule has 23 heavy (non-hydrogen) atoms. The summed E-state index contributed by atoms with van der Waals surface area (Å²) in [5, 5.41) is 9.70. The molecule has 0 aromatic rings. The summed E-state index contributed by atoms with van der Waals surface area (Å²) in [7, 11) is 0. The van der Waals surface area contributed by atoms with Crippen LogP contribution in [0.2, 0.25) is 0 Å². The molecule has 0 fully saturated rings. The van der Waals surface area contributed by atoms with E-state index in [1.54, 1.807) is 0 Å². The van der Waals surface area contributed by atoms with Gasteiger partial charge in [0.2, 0.25) is 0 Å². The van der Waals surface area contributed by atoms with Gasteiger partial charge in [0.15, 0.2) is 6.29 Å². The van der Waals surface area contributed by atoms with Crippen LogP contribution >= 0.6 is 0 Å². The fourth-order valence-corrected chi connectivity index (χ4v) is 2.19.